The van der Waals surface area contributed by atoms with E-state index in [0.717, 1.165) is 41.7 Å². The Hall–Kier alpha value is -3.02. The highest BCUT2D eigenvalue weighted by Gasteiger charge is 2.25. The van der Waals surface area contributed by atoms with Crippen molar-refractivity contribution in [3.63, 3.8) is 0 Å². The van der Waals surface area contributed by atoms with Crippen LogP contribution in [0.5, 0.6) is 0 Å². The Kier molecular flexibility index (Phi) is 4.73. The van der Waals surface area contributed by atoms with Crippen LogP contribution in [0.3, 0.4) is 0 Å². The fraction of sp³-hybridized carbons (Fsp3) is 0.300. The molecule has 26 heavy (non-hydrogen) atoms. The number of benzene rings is 1. The summed E-state index contributed by atoms with van der Waals surface area (Å²) in [5.74, 6) is 0. The van der Waals surface area contributed by atoms with Crippen molar-refractivity contribution in [2.75, 3.05) is 18.4 Å². The first kappa shape index (κ1) is 16.4. The predicted octanol–water partition coefficient (Wildman–Crippen LogP) is 3.78. The van der Waals surface area contributed by atoms with Crippen LogP contribution < -0.4 is 5.32 Å². The van der Waals surface area contributed by atoms with E-state index in [-0.39, 0.29) is 12.1 Å². The van der Waals surface area contributed by atoms with E-state index in [2.05, 4.69) is 15.3 Å². The van der Waals surface area contributed by atoms with E-state index in [1.54, 1.807) is 11.1 Å². The van der Waals surface area contributed by atoms with Gasteiger partial charge >= 0.3 is 6.09 Å². The van der Waals surface area contributed by atoms with E-state index in [0.29, 0.717) is 13.2 Å². The lowest BCUT2D eigenvalue weighted by atomic mass is 10.1. The zero-order chi connectivity index (χ0) is 17.8. The molecule has 4 rings (SSSR count). The Balaban J connectivity index is 1.36. The first-order valence-electron chi connectivity index (χ1n) is 8.94. The lowest BCUT2D eigenvalue weighted by Gasteiger charge is -2.33. The van der Waals surface area contributed by atoms with Gasteiger partial charge in [-0.05, 0) is 30.5 Å². The summed E-state index contributed by atoms with van der Waals surface area (Å²) >= 11 is 0. The average Bonchev–Trinajstić information content (AvgIpc) is 3.17. The molecule has 0 bridgehead atoms. The summed E-state index contributed by atoms with van der Waals surface area (Å²) in [5.41, 5.74) is 2.91. The number of H-pyrrole nitrogens is 1. The smallest absolute Gasteiger partial charge is 0.410 e. The number of carbonyl (C=O) groups is 1. The van der Waals surface area contributed by atoms with Crippen LogP contribution in [0.25, 0.3) is 11.0 Å². The normalized spacial score (nSPS) is 17.2. The van der Waals surface area contributed by atoms with Crippen molar-refractivity contribution in [3.05, 3.63) is 60.4 Å². The SMILES string of the molecule is O=C(OCc1ccccc1)N1CCC[C@@H](Nc2ccnc3[nH]ccc23)C1. The summed E-state index contributed by atoms with van der Waals surface area (Å²) < 4.78 is 5.47. The van der Waals surface area contributed by atoms with E-state index in [1.165, 1.54) is 0 Å². The molecule has 3 aromatic rings. The number of ether oxygens (including phenoxy) is 1. The fourth-order valence-corrected chi connectivity index (χ4v) is 3.38. The number of nitrogens with zero attached hydrogens (tertiary/aromatic N) is 2. The number of fused-ring (bicyclic) bond motifs is 1. The van der Waals surface area contributed by atoms with Crippen molar-refractivity contribution < 1.29 is 9.53 Å². The van der Waals surface area contributed by atoms with Crippen LogP contribution in [0.15, 0.2) is 54.9 Å². The van der Waals surface area contributed by atoms with Crippen molar-refractivity contribution in [2.45, 2.75) is 25.5 Å². The Morgan fingerprint density at radius 3 is 3.04 bits per heavy atom. The molecule has 3 heterocycles. The first-order chi connectivity index (χ1) is 12.8. The Morgan fingerprint density at radius 2 is 2.15 bits per heavy atom. The van der Waals surface area contributed by atoms with Crippen molar-refractivity contribution >= 4 is 22.8 Å². The van der Waals surface area contributed by atoms with Crippen molar-refractivity contribution in [1.82, 2.24) is 14.9 Å². The van der Waals surface area contributed by atoms with Crippen LogP contribution in [0.1, 0.15) is 18.4 Å². The lowest BCUT2D eigenvalue weighted by molar-refractivity contribution is 0.0875. The number of piperidine rings is 1. The van der Waals surface area contributed by atoms with E-state index in [9.17, 15) is 4.79 Å². The second-order valence-corrected chi connectivity index (χ2v) is 6.57. The molecule has 2 aromatic heterocycles. The number of nitrogens with one attached hydrogen (secondary N) is 2. The molecule has 6 heteroatoms. The predicted molar refractivity (Wildman–Crippen MR) is 101 cm³/mol. The quantitative estimate of drug-likeness (QED) is 0.751. The minimum atomic E-state index is -0.248. The van der Waals surface area contributed by atoms with Crippen LogP contribution in [-0.2, 0) is 11.3 Å². The minimum absolute atomic E-state index is 0.202. The zero-order valence-electron chi connectivity index (χ0n) is 14.5. The number of aromatic nitrogens is 2. The highest BCUT2D eigenvalue weighted by Crippen LogP contribution is 2.23. The molecule has 134 valence electrons. The standard InChI is InChI=1S/C20H22N4O2/c25-20(26-14-15-5-2-1-3-6-15)24-12-4-7-16(13-24)23-18-9-11-22-19-17(18)8-10-21-19/h1-3,5-6,8-11,16H,4,7,12-14H2,(H2,21,22,23)/t16-/m1/s1. The van der Waals surface area contributed by atoms with E-state index in [1.807, 2.05) is 48.7 Å². The monoisotopic (exact) mass is 350 g/mol. The van der Waals surface area contributed by atoms with Crippen LogP contribution in [-0.4, -0.2) is 40.1 Å². The number of pyridine rings is 1. The number of rotatable bonds is 4. The van der Waals surface area contributed by atoms with Gasteiger partial charge < -0.3 is 19.9 Å². The first-order valence-corrected chi connectivity index (χ1v) is 8.94. The zero-order valence-corrected chi connectivity index (χ0v) is 14.5. The van der Waals surface area contributed by atoms with E-state index in [4.69, 9.17) is 4.74 Å². The number of carbonyl (C=O) groups excluding carboxylic acids is 1. The molecule has 1 saturated heterocycles. The summed E-state index contributed by atoms with van der Waals surface area (Å²) in [5, 5.41) is 4.63. The minimum Gasteiger partial charge on any atom is -0.445 e. The molecule has 0 unspecified atom stereocenters. The summed E-state index contributed by atoms with van der Waals surface area (Å²) in [6.45, 7) is 1.69. The topological polar surface area (TPSA) is 70.2 Å². The molecule has 1 fully saturated rings. The molecule has 0 spiro atoms. The largest absolute Gasteiger partial charge is 0.445 e. The molecule has 2 N–H and O–H groups in total. The van der Waals surface area contributed by atoms with Crippen LogP contribution in [0.4, 0.5) is 10.5 Å². The second kappa shape index (κ2) is 7.47. The van der Waals surface area contributed by atoms with Gasteiger partial charge in [-0.15, -0.1) is 0 Å². The van der Waals surface area contributed by atoms with Gasteiger partial charge in [0.25, 0.3) is 0 Å². The maximum absolute atomic E-state index is 12.4. The summed E-state index contributed by atoms with van der Waals surface area (Å²) in [6.07, 6.45) is 5.41. The molecular formula is C20H22N4O2. The Morgan fingerprint density at radius 1 is 1.27 bits per heavy atom. The van der Waals surface area contributed by atoms with Crippen molar-refractivity contribution in [3.8, 4) is 0 Å². The van der Waals surface area contributed by atoms with Gasteiger partial charge in [0.05, 0.1) is 0 Å². The second-order valence-electron chi connectivity index (χ2n) is 6.57. The van der Waals surface area contributed by atoms with Gasteiger partial charge in [0, 0.05) is 42.6 Å². The third-order valence-electron chi connectivity index (χ3n) is 4.70. The van der Waals surface area contributed by atoms with Gasteiger partial charge in [-0.3, -0.25) is 0 Å². The third-order valence-corrected chi connectivity index (χ3v) is 4.70. The van der Waals surface area contributed by atoms with Gasteiger partial charge in [-0.1, -0.05) is 30.3 Å². The highest BCUT2D eigenvalue weighted by atomic mass is 16.6. The van der Waals surface area contributed by atoms with Gasteiger partial charge in [-0.25, -0.2) is 9.78 Å². The number of aromatic amines is 1. The molecule has 1 aliphatic rings. The fourth-order valence-electron chi connectivity index (χ4n) is 3.38. The number of likely N-dealkylation sites (tertiary alicyclic amines) is 1. The number of hydrogen-bond donors (Lipinski definition) is 2. The number of amides is 1. The molecular weight excluding hydrogens is 328 g/mol. The molecule has 0 radical (unpaired) electrons. The van der Waals surface area contributed by atoms with Gasteiger partial charge in [0.15, 0.2) is 0 Å². The van der Waals surface area contributed by atoms with Gasteiger partial charge in [-0.2, -0.15) is 0 Å². The van der Waals surface area contributed by atoms with Gasteiger partial charge in [0.2, 0.25) is 0 Å². The third kappa shape index (κ3) is 3.64. The van der Waals surface area contributed by atoms with Crippen LogP contribution in [0.2, 0.25) is 0 Å². The summed E-state index contributed by atoms with van der Waals surface area (Å²) in [6, 6.07) is 13.9. The molecule has 1 aromatic carbocycles. The number of anilines is 1. The maximum Gasteiger partial charge on any atom is 0.410 e. The number of hydrogen-bond acceptors (Lipinski definition) is 4. The van der Waals surface area contributed by atoms with E-state index >= 15 is 0 Å². The maximum atomic E-state index is 12.4. The molecule has 1 aliphatic heterocycles. The highest BCUT2D eigenvalue weighted by molar-refractivity contribution is 5.89. The molecule has 6 nitrogen and oxygen atoms in total. The van der Waals surface area contributed by atoms with Crippen molar-refractivity contribution in [2.24, 2.45) is 0 Å². The summed E-state index contributed by atoms with van der Waals surface area (Å²) in [4.78, 5) is 21.6. The Bertz CT molecular complexity index is 878. The molecule has 1 atom stereocenters. The van der Waals surface area contributed by atoms with Gasteiger partial charge in [0.1, 0.15) is 12.3 Å². The van der Waals surface area contributed by atoms with E-state index < -0.39 is 0 Å². The summed E-state index contributed by atoms with van der Waals surface area (Å²) in [7, 11) is 0. The Labute approximate surface area is 152 Å². The molecule has 0 saturated carbocycles. The molecule has 1 amide bonds. The lowest BCUT2D eigenvalue weighted by Crippen LogP contribution is -2.45. The average molecular weight is 350 g/mol. The van der Waals surface area contributed by atoms with Crippen LogP contribution in [0, 0.1) is 0 Å². The molecule has 0 aliphatic carbocycles. The van der Waals surface area contributed by atoms with Crippen molar-refractivity contribution in [1.29, 1.82) is 0 Å². The van der Waals surface area contributed by atoms with Crippen LogP contribution >= 0.6 is 0 Å².